The van der Waals surface area contributed by atoms with E-state index in [1.165, 1.54) is 35.8 Å². The number of halogens is 1. The van der Waals surface area contributed by atoms with Crippen LogP contribution in [0, 0.1) is 0 Å². The predicted molar refractivity (Wildman–Crippen MR) is 61.4 cm³/mol. The van der Waals surface area contributed by atoms with Crippen LogP contribution in [0.4, 0.5) is 0 Å². The van der Waals surface area contributed by atoms with Gasteiger partial charge in [-0.1, -0.05) is 34.5 Å². The second-order valence-electron chi connectivity index (χ2n) is 4.51. The van der Waals surface area contributed by atoms with Crippen molar-refractivity contribution in [2.24, 2.45) is 0 Å². The molecular formula is C12H14BrN. The average molecular weight is 252 g/mol. The summed E-state index contributed by atoms with van der Waals surface area (Å²) in [6.45, 7) is 2.21. The third-order valence-corrected chi connectivity index (χ3v) is 4.38. The summed E-state index contributed by atoms with van der Waals surface area (Å²) in [5.74, 6) is 0. The molecule has 14 heavy (non-hydrogen) atoms. The van der Waals surface area contributed by atoms with E-state index >= 15 is 0 Å². The lowest BCUT2D eigenvalue weighted by Crippen LogP contribution is -2.48. The average Bonchev–Trinajstić information content (AvgIpc) is 2.15. The van der Waals surface area contributed by atoms with Gasteiger partial charge < -0.3 is 5.32 Å². The summed E-state index contributed by atoms with van der Waals surface area (Å²) in [6.07, 6.45) is 4.10. The SMILES string of the molecule is Brc1cccc2c1C1(CCC1)CNC2. The highest BCUT2D eigenvalue weighted by Gasteiger charge is 2.42. The first kappa shape index (κ1) is 8.93. The van der Waals surface area contributed by atoms with E-state index < -0.39 is 0 Å². The lowest BCUT2D eigenvalue weighted by atomic mass is 9.62. The fraction of sp³-hybridized carbons (Fsp3) is 0.500. The lowest BCUT2D eigenvalue weighted by Gasteiger charge is -2.47. The highest BCUT2D eigenvalue weighted by Crippen LogP contribution is 2.48. The molecule has 0 amide bonds. The van der Waals surface area contributed by atoms with Gasteiger partial charge >= 0.3 is 0 Å². The molecular weight excluding hydrogens is 238 g/mol. The van der Waals surface area contributed by atoms with Gasteiger partial charge in [0, 0.05) is 23.0 Å². The summed E-state index contributed by atoms with van der Waals surface area (Å²) >= 11 is 3.70. The normalized spacial score (nSPS) is 22.9. The van der Waals surface area contributed by atoms with Gasteiger partial charge in [-0.05, 0) is 30.0 Å². The summed E-state index contributed by atoms with van der Waals surface area (Å²) in [6, 6.07) is 6.58. The zero-order valence-electron chi connectivity index (χ0n) is 8.15. The predicted octanol–water partition coefficient (Wildman–Crippen LogP) is 2.97. The molecule has 1 aliphatic carbocycles. The van der Waals surface area contributed by atoms with Crippen molar-refractivity contribution >= 4 is 15.9 Å². The number of benzene rings is 1. The molecule has 1 aromatic carbocycles. The molecule has 0 aromatic heterocycles. The summed E-state index contributed by atoms with van der Waals surface area (Å²) < 4.78 is 1.32. The Morgan fingerprint density at radius 1 is 1.29 bits per heavy atom. The minimum absolute atomic E-state index is 0.466. The van der Waals surface area contributed by atoms with Gasteiger partial charge in [-0.15, -0.1) is 0 Å². The molecule has 1 heterocycles. The molecule has 2 heteroatoms. The van der Waals surface area contributed by atoms with E-state index in [-0.39, 0.29) is 0 Å². The third kappa shape index (κ3) is 1.10. The molecule has 0 atom stereocenters. The molecule has 0 unspecified atom stereocenters. The second-order valence-corrected chi connectivity index (χ2v) is 5.37. The molecule has 74 valence electrons. The van der Waals surface area contributed by atoms with Crippen molar-refractivity contribution in [1.29, 1.82) is 0 Å². The largest absolute Gasteiger partial charge is 0.312 e. The van der Waals surface area contributed by atoms with E-state index in [1.54, 1.807) is 5.56 Å². The van der Waals surface area contributed by atoms with Gasteiger partial charge in [-0.2, -0.15) is 0 Å². The number of hydrogen-bond donors (Lipinski definition) is 1. The van der Waals surface area contributed by atoms with E-state index in [1.807, 2.05) is 0 Å². The molecule has 1 fully saturated rings. The topological polar surface area (TPSA) is 12.0 Å². The van der Waals surface area contributed by atoms with Crippen molar-refractivity contribution in [3.63, 3.8) is 0 Å². The minimum Gasteiger partial charge on any atom is -0.312 e. The van der Waals surface area contributed by atoms with Gasteiger partial charge in [0.15, 0.2) is 0 Å². The van der Waals surface area contributed by atoms with Crippen LogP contribution in [0.15, 0.2) is 22.7 Å². The summed E-state index contributed by atoms with van der Waals surface area (Å²) in [4.78, 5) is 0. The maximum Gasteiger partial charge on any atom is 0.0216 e. The van der Waals surface area contributed by atoms with Gasteiger partial charge in [-0.25, -0.2) is 0 Å². The van der Waals surface area contributed by atoms with Crippen molar-refractivity contribution in [2.45, 2.75) is 31.2 Å². The van der Waals surface area contributed by atoms with Crippen LogP contribution in [0.25, 0.3) is 0 Å². The van der Waals surface area contributed by atoms with Gasteiger partial charge in [0.25, 0.3) is 0 Å². The van der Waals surface area contributed by atoms with E-state index in [2.05, 4.69) is 39.4 Å². The quantitative estimate of drug-likeness (QED) is 0.748. The highest BCUT2D eigenvalue weighted by atomic mass is 79.9. The van der Waals surface area contributed by atoms with Crippen molar-refractivity contribution < 1.29 is 0 Å². The molecule has 1 aliphatic heterocycles. The van der Waals surface area contributed by atoms with Crippen LogP contribution >= 0.6 is 15.9 Å². The molecule has 1 aromatic rings. The van der Waals surface area contributed by atoms with Crippen LogP contribution in [0.2, 0.25) is 0 Å². The number of rotatable bonds is 0. The standard InChI is InChI=1S/C12H14BrN/c13-10-4-1-3-9-7-14-8-12(11(9)10)5-2-6-12/h1,3-4,14H,2,5-8H2. The first-order chi connectivity index (χ1) is 6.82. The van der Waals surface area contributed by atoms with Crippen LogP contribution in [0.1, 0.15) is 30.4 Å². The first-order valence-electron chi connectivity index (χ1n) is 5.30. The maximum absolute atomic E-state index is 3.70. The van der Waals surface area contributed by atoms with Crippen LogP contribution in [0.5, 0.6) is 0 Å². The monoisotopic (exact) mass is 251 g/mol. The van der Waals surface area contributed by atoms with E-state index in [9.17, 15) is 0 Å². The Hall–Kier alpha value is -0.340. The summed E-state index contributed by atoms with van der Waals surface area (Å²) in [5, 5.41) is 3.54. The van der Waals surface area contributed by atoms with Crippen LogP contribution in [-0.4, -0.2) is 6.54 Å². The molecule has 1 N–H and O–H groups in total. The van der Waals surface area contributed by atoms with E-state index in [4.69, 9.17) is 0 Å². The number of hydrogen-bond acceptors (Lipinski definition) is 1. The Morgan fingerprint density at radius 2 is 2.14 bits per heavy atom. The lowest BCUT2D eigenvalue weighted by molar-refractivity contribution is 0.218. The number of fused-ring (bicyclic) bond motifs is 2. The molecule has 0 saturated heterocycles. The molecule has 0 radical (unpaired) electrons. The fourth-order valence-corrected chi connectivity index (χ4v) is 3.69. The Balaban J connectivity index is 2.17. The van der Waals surface area contributed by atoms with Crippen molar-refractivity contribution in [2.75, 3.05) is 6.54 Å². The van der Waals surface area contributed by atoms with Crippen molar-refractivity contribution in [1.82, 2.24) is 5.32 Å². The molecule has 1 saturated carbocycles. The van der Waals surface area contributed by atoms with Gasteiger partial charge in [0.1, 0.15) is 0 Å². The van der Waals surface area contributed by atoms with Crippen molar-refractivity contribution in [3.05, 3.63) is 33.8 Å². The van der Waals surface area contributed by atoms with Gasteiger partial charge in [-0.3, -0.25) is 0 Å². The fourth-order valence-electron chi connectivity index (χ4n) is 2.87. The van der Waals surface area contributed by atoms with Crippen LogP contribution in [0.3, 0.4) is 0 Å². The Morgan fingerprint density at radius 3 is 2.86 bits per heavy atom. The Bertz CT molecular complexity index is 369. The maximum atomic E-state index is 3.70. The third-order valence-electron chi connectivity index (χ3n) is 3.72. The Labute approximate surface area is 93.0 Å². The molecule has 0 bridgehead atoms. The number of nitrogens with one attached hydrogen (secondary N) is 1. The molecule has 1 spiro atoms. The van der Waals surface area contributed by atoms with Gasteiger partial charge in [0.2, 0.25) is 0 Å². The molecule has 2 aliphatic rings. The smallest absolute Gasteiger partial charge is 0.0216 e. The first-order valence-corrected chi connectivity index (χ1v) is 6.10. The molecule has 3 rings (SSSR count). The van der Waals surface area contributed by atoms with Crippen LogP contribution in [-0.2, 0) is 12.0 Å². The minimum atomic E-state index is 0.466. The van der Waals surface area contributed by atoms with Gasteiger partial charge in [0.05, 0.1) is 0 Å². The van der Waals surface area contributed by atoms with E-state index in [0.29, 0.717) is 5.41 Å². The van der Waals surface area contributed by atoms with Crippen molar-refractivity contribution in [3.8, 4) is 0 Å². The zero-order valence-corrected chi connectivity index (χ0v) is 9.73. The highest BCUT2D eigenvalue weighted by molar-refractivity contribution is 9.10. The van der Waals surface area contributed by atoms with Crippen LogP contribution < -0.4 is 5.32 Å². The zero-order chi connectivity index (χ0) is 9.60. The second kappa shape index (κ2) is 3.07. The summed E-state index contributed by atoms with van der Waals surface area (Å²) in [7, 11) is 0. The Kier molecular flexibility index (Phi) is 1.96. The molecule has 1 nitrogen and oxygen atoms in total. The van der Waals surface area contributed by atoms with E-state index in [0.717, 1.165) is 6.54 Å². The summed E-state index contributed by atoms with van der Waals surface area (Å²) in [5.41, 5.74) is 3.54.